The summed E-state index contributed by atoms with van der Waals surface area (Å²) >= 11 is 2.98. The molecule has 3 rings (SSSR count). The number of aryl methyl sites for hydroxylation is 1. The predicted molar refractivity (Wildman–Crippen MR) is 93.6 cm³/mol. The molecule has 0 unspecified atom stereocenters. The molecule has 1 N–H and O–H groups in total. The molecular formula is C17H17NO3S2. The van der Waals surface area contributed by atoms with Gasteiger partial charge in [0.2, 0.25) is 5.91 Å². The SMILES string of the molecule is COC(=O)c1c(NC(=O)[C@@H]2Cc3ccccc3S2)sc(C)c1C. The zero-order chi connectivity index (χ0) is 16.6. The third-order valence-electron chi connectivity index (χ3n) is 3.95. The first-order valence-corrected chi connectivity index (χ1v) is 8.94. The van der Waals surface area contributed by atoms with E-state index >= 15 is 0 Å². The van der Waals surface area contributed by atoms with Crippen molar-refractivity contribution in [3.05, 3.63) is 45.8 Å². The van der Waals surface area contributed by atoms with Gasteiger partial charge in [0.15, 0.2) is 0 Å². The maximum atomic E-state index is 12.6. The van der Waals surface area contributed by atoms with Gasteiger partial charge in [-0.05, 0) is 37.5 Å². The van der Waals surface area contributed by atoms with Crippen molar-refractivity contribution in [2.75, 3.05) is 12.4 Å². The number of benzene rings is 1. The van der Waals surface area contributed by atoms with Gasteiger partial charge in [0.25, 0.3) is 0 Å². The number of esters is 1. The first kappa shape index (κ1) is 16.1. The molecule has 0 bridgehead atoms. The smallest absolute Gasteiger partial charge is 0.341 e. The van der Waals surface area contributed by atoms with E-state index < -0.39 is 5.97 Å². The summed E-state index contributed by atoms with van der Waals surface area (Å²) in [5, 5.41) is 3.33. The fraction of sp³-hybridized carbons (Fsp3) is 0.294. The first-order chi connectivity index (χ1) is 11.0. The Morgan fingerprint density at radius 2 is 2.00 bits per heavy atom. The lowest BCUT2D eigenvalue weighted by molar-refractivity contribution is -0.115. The molecule has 23 heavy (non-hydrogen) atoms. The van der Waals surface area contributed by atoms with E-state index in [0.29, 0.717) is 17.0 Å². The number of thioether (sulfide) groups is 1. The molecule has 2 aromatic rings. The van der Waals surface area contributed by atoms with E-state index in [4.69, 9.17) is 4.74 Å². The molecule has 0 saturated heterocycles. The summed E-state index contributed by atoms with van der Waals surface area (Å²) < 4.78 is 4.84. The number of carbonyl (C=O) groups excluding carboxylic acids is 2. The summed E-state index contributed by atoms with van der Waals surface area (Å²) in [7, 11) is 1.35. The van der Waals surface area contributed by atoms with Gasteiger partial charge < -0.3 is 10.1 Å². The Kier molecular flexibility index (Phi) is 4.46. The summed E-state index contributed by atoms with van der Waals surface area (Å²) in [6.07, 6.45) is 0.712. The van der Waals surface area contributed by atoms with Gasteiger partial charge >= 0.3 is 5.97 Å². The van der Waals surface area contributed by atoms with Gasteiger partial charge in [0.05, 0.1) is 17.9 Å². The van der Waals surface area contributed by atoms with Crippen molar-refractivity contribution in [1.82, 2.24) is 0 Å². The van der Waals surface area contributed by atoms with Crippen LogP contribution in [0.15, 0.2) is 29.2 Å². The van der Waals surface area contributed by atoms with Gasteiger partial charge in [-0.1, -0.05) is 18.2 Å². The monoisotopic (exact) mass is 347 g/mol. The van der Waals surface area contributed by atoms with E-state index in [1.807, 2.05) is 32.0 Å². The predicted octanol–water partition coefficient (Wildman–Crippen LogP) is 3.81. The van der Waals surface area contributed by atoms with Crippen LogP contribution in [0.5, 0.6) is 0 Å². The summed E-state index contributed by atoms with van der Waals surface area (Å²) in [5.74, 6) is -0.484. The van der Waals surface area contributed by atoms with Crippen molar-refractivity contribution in [1.29, 1.82) is 0 Å². The van der Waals surface area contributed by atoms with Gasteiger partial charge in [0, 0.05) is 9.77 Å². The van der Waals surface area contributed by atoms with Crippen LogP contribution in [-0.4, -0.2) is 24.2 Å². The van der Waals surface area contributed by atoms with Crippen molar-refractivity contribution in [3.8, 4) is 0 Å². The van der Waals surface area contributed by atoms with E-state index in [1.165, 1.54) is 24.0 Å². The van der Waals surface area contributed by atoms with E-state index in [-0.39, 0.29) is 11.2 Å². The quantitative estimate of drug-likeness (QED) is 0.858. The lowest BCUT2D eigenvalue weighted by atomic mass is 10.1. The molecule has 1 aliphatic rings. The molecule has 0 spiro atoms. The average molecular weight is 347 g/mol. The van der Waals surface area contributed by atoms with Crippen LogP contribution in [-0.2, 0) is 16.0 Å². The average Bonchev–Trinajstić information content (AvgIpc) is 3.09. The number of hydrogen-bond donors (Lipinski definition) is 1. The molecule has 6 heteroatoms. The second-order valence-corrected chi connectivity index (χ2v) is 7.86. The second kappa shape index (κ2) is 6.37. The Balaban J connectivity index is 1.80. The number of fused-ring (bicyclic) bond motifs is 1. The molecule has 0 saturated carbocycles. The Hall–Kier alpha value is -1.79. The topological polar surface area (TPSA) is 55.4 Å². The number of nitrogens with one attached hydrogen (secondary N) is 1. The zero-order valence-corrected chi connectivity index (χ0v) is 14.8. The highest BCUT2D eigenvalue weighted by molar-refractivity contribution is 8.01. The van der Waals surface area contributed by atoms with Gasteiger partial charge in [-0.2, -0.15) is 0 Å². The van der Waals surface area contributed by atoms with Crippen molar-refractivity contribution >= 4 is 40.0 Å². The molecule has 1 atom stereocenters. The Morgan fingerprint density at radius 1 is 1.26 bits per heavy atom. The molecule has 1 aromatic heterocycles. The Morgan fingerprint density at radius 3 is 2.70 bits per heavy atom. The summed E-state index contributed by atoms with van der Waals surface area (Å²) in [4.78, 5) is 26.7. The van der Waals surface area contributed by atoms with Crippen LogP contribution in [0.25, 0.3) is 0 Å². The van der Waals surface area contributed by atoms with Crippen LogP contribution in [0.4, 0.5) is 5.00 Å². The normalized spacial score (nSPS) is 16.0. The third kappa shape index (κ3) is 3.01. The minimum atomic E-state index is -0.412. The van der Waals surface area contributed by atoms with Gasteiger partial charge in [0.1, 0.15) is 5.00 Å². The van der Waals surface area contributed by atoms with Crippen LogP contribution in [0.2, 0.25) is 0 Å². The minimum absolute atomic E-state index is 0.0717. The molecule has 120 valence electrons. The number of amides is 1. The number of methoxy groups -OCH3 is 1. The highest BCUT2D eigenvalue weighted by Crippen LogP contribution is 2.38. The fourth-order valence-corrected chi connectivity index (χ4v) is 4.83. The van der Waals surface area contributed by atoms with Gasteiger partial charge in [-0.25, -0.2) is 4.79 Å². The highest BCUT2D eigenvalue weighted by Gasteiger charge is 2.30. The molecule has 1 amide bonds. The van der Waals surface area contributed by atoms with Crippen LogP contribution in [0.3, 0.4) is 0 Å². The molecule has 2 heterocycles. The van der Waals surface area contributed by atoms with E-state index in [1.54, 1.807) is 11.8 Å². The lowest BCUT2D eigenvalue weighted by Crippen LogP contribution is -2.25. The number of carbonyl (C=O) groups is 2. The van der Waals surface area contributed by atoms with Crippen LogP contribution in [0, 0.1) is 13.8 Å². The molecule has 1 aliphatic heterocycles. The zero-order valence-electron chi connectivity index (χ0n) is 13.1. The van der Waals surface area contributed by atoms with Crippen LogP contribution >= 0.6 is 23.1 Å². The summed E-state index contributed by atoms with van der Waals surface area (Å²) in [6, 6.07) is 8.05. The second-order valence-electron chi connectivity index (χ2n) is 5.39. The number of rotatable bonds is 3. The van der Waals surface area contributed by atoms with Crippen molar-refractivity contribution in [2.24, 2.45) is 0 Å². The largest absolute Gasteiger partial charge is 0.465 e. The van der Waals surface area contributed by atoms with Crippen LogP contribution in [0.1, 0.15) is 26.4 Å². The van der Waals surface area contributed by atoms with E-state index in [2.05, 4.69) is 11.4 Å². The number of anilines is 1. The Labute approximate surface area is 143 Å². The molecule has 0 radical (unpaired) electrons. The maximum Gasteiger partial charge on any atom is 0.341 e. The molecule has 4 nitrogen and oxygen atoms in total. The van der Waals surface area contributed by atoms with E-state index in [9.17, 15) is 9.59 Å². The maximum absolute atomic E-state index is 12.6. The first-order valence-electron chi connectivity index (χ1n) is 7.25. The molecule has 1 aromatic carbocycles. The lowest BCUT2D eigenvalue weighted by Gasteiger charge is -2.10. The van der Waals surface area contributed by atoms with Crippen molar-refractivity contribution in [2.45, 2.75) is 30.4 Å². The van der Waals surface area contributed by atoms with Crippen molar-refractivity contribution in [3.63, 3.8) is 0 Å². The molecule has 0 fully saturated rings. The number of hydrogen-bond acceptors (Lipinski definition) is 5. The number of thiophene rings is 1. The molecule has 0 aliphatic carbocycles. The highest BCUT2D eigenvalue weighted by atomic mass is 32.2. The Bertz CT molecular complexity index is 757. The fourth-order valence-electron chi connectivity index (χ4n) is 2.58. The molecular weight excluding hydrogens is 330 g/mol. The third-order valence-corrected chi connectivity index (χ3v) is 6.39. The summed E-state index contributed by atoms with van der Waals surface area (Å²) in [6.45, 7) is 3.80. The summed E-state index contributed by atoms with van der Waals surface area (Å²) in [5.41, 5.74) is 2.52. The van der Waals surface area contributed by atoms with Gasteiger partial charge in [-0.3, -0.25) is 4.79 Å². The minimum Gasteiger partial charge on any atom is -0.465 e. The van der Waals surface area contributed by atoms with Crippen molar-refractivity contribution < 1.29 is 14.3 Å². The standard InChI is InChI=1S/C17H17NO3S2/c1-9-10(2)22-16(14(9)17(20)21-3)18-15(19)13-8-11-6-4-5-7-12(11)23-13/h4-7,13H,8H2,1-3H3,(H,18,19)/t13-/m0/s1. The van der Waals surface area contributed by atoms with E-state index in [0.717, 1.165) is 15.3 Å². The number of ether oxygens (including phenoxy) is 1. The van der Waals surface area contributed by atoms with Gasteiger partial charge in [-0.15, -0.1) is 23.1 Å². The van der Waals surface area contributed by atoms with Crippen LogP contribution < -0.4 is 5.32 Å².